The van der Waals surface area contributed by atoms with E-state index in [9.17, 15) is 14.4 Å². The number of amides is 3. The van der Waals surface area contributed by atoms with E-state index in [1.54, 1.807) is 53.1 Å². The van der Waals surface area contributed by atoms with E-state index in [-0.39, 0.29) is 17.7 Å². The minimum absolute atomic E-state index is 0.0199. The number of nitrogens with one attached hydrogen (secondary N) is 1. The fourth-order valence-electron chi connectivity index (χ4n) is 5.19. The third-order valence-corrected chi connectivity index (χ3v) is 7.43. The van der Waals surface area contributed by atoms with Crippen molar-refractivity contribution in [3.05, 3.63) is 120 Å². The molecule has 214 valence electrons. The molecule has 0 saturated carbocycles. The highest BCUT2D eigenvalue weighted by Gasteiger charge is 2.35. The first-order valence-corrected chi connectivity index (χ1v) is 14.3. The number of rotatable bonds is 9. The summed E-state index contributed by atoms with van der Waals surface area (Å²) >= 11 is 0. The lowest BCUT2D eigenvalue weighted by Crippen LogP contribution is -2.50. The predicted molar refractivity (Wildman–Crippen MR) is 165 cm³/mol. The van der Waals surface area contributed by atoms with Gasteiger partial charge in [0.15, 0.2) is 0 Å². The van der Waals surface area contributed by atoms with Gasteiger partial charge in [0.25, 0.3) is 5.91 Å². The number of carbonyl (C=O) groups is 3. The second-order valence-electron chi connectivity index (χ2n) is 10.4. The Hall–Kier alpha value is -4.91. The summed E-state index contributed by atoms with van der Waals surface area (Å²) in [6, 6.07) is 30.9. The molecule has 0 unspecified atom stereocenters. The molecule has 0 aromatic heterocycles. The van der Waals surface area contributed by atoms with Crippen LogP contribution in [0.15, 0.2) is 103 Å². The summed E-state index contributed by atoms with van der Waals surface area (Å²) in [7, 11) is 0. The molecule has 42 heavy (non-hydrogen) atoms. The molecule has 0 bridgehead atoms. The van der Waals surface area contributed by atoms with E-state index in [1.165, 1.54) is 0 Å². The first-order chi connectivity index (χ1) is 20.4. The van der Waals surface area contributed by atoms with Crippen LogP contribution in [0.2, 0.25) is 0 Å². The molecule has 1 heterocycles. The maximum Gasteiger partial charge on any atom is 0.254 e. The van der Waals surface area contributed by atoms with Crippen LogP contribution in [0.3, 0.4) is 0 Å². The molecule has 0 radical (unpaired) electrons. The number of unbranched alkanes of at least 4 members (excludes halogenated alkanes) is 1. The van der Waals surface area contributed by atoms with Gasteiger partial charge >= 0.3 is 0 Å². The highest BCUT2D eigenvalue weighted by Crippen LogP contribution is 2.28. The minimum atomic E-state index is -0.705. The number of fused-ring (bicyclic) bond motifs is 1. The largest absolute Gasteiger partial charge is 0.457 e. The maximum absolute atomic E-state index is 13.9. The molecule has 1 atom stereocenters. The van der Waals surface area contributed by atoms with Gasteiger partial charge in [0.1, 0.15) is 17.5 Å². The fourth-order valence-corrected chi connectivity index (χ4v) is 5.19. The van der Waals surface area contributed by atoms with Crippen molar-refractivity contribution in [3.63, 3.8) is 0 Å². The van der Waals surface area contributed by atoms with Crippen molar-refractivity contribution in [2.75, 3.05) is 16.8 Å². The number of nitrogens with zero attached hydrogens (tertiary/aromatic N) is 2. The van der Waals surface area contributed by atoms with Crippen molar-refractivity contribution < 1.29 is 19.1 Å². The predicted octanol–water partition coefficient (Wildman–Crippen LogP) is 6.84. The molecular weight excluding hydrogens is 526 g/mol. The van der Waals surface area contributed by atoms with Crippen LogP contribution in [0.1, 0.15) is 48.2 Å². The lowest BCUT2D eigenvalue weighted by atomic mass is 9.92. The van der Waals surface area contributed by atoms with E-state index in [2.05, 4.69) is 12.2 Å². The summed E-state index contributed by atoms with van der Waals surface area (Å²) in [5, 5.41) is 3.00. The smallest absolute Gasteiger partial charge is 0.254 e. The molecule has 0 aliphatic carbocycles. The average Bonchev–Trinajstić information content (AvgIpc) is 3.01. The Bertz CT molecular complexity index is 1550. The number of ether oxygens (including phenoxy) is 1. The zero-order valence-electron chi connectivity index (χ0n) is 24.0. The average molecular weight is 562 g/mol. The highest BCUT2D eigenvalue weighted by atomic mass is 16.5. The Kier molecular flexibility index (Phi) is 8.97. The number of hydrogen-bond donors (Lipinski definition) is 1. The molecular formula is C35H35N3O4. The Morgan fingerprint density at radius 1 is 0.857 bits per heavy atom. The van der Waals surface area contributed by atoms with Crippen molar-refractivity contribution >= 4 is 29.1 Å². The number of carbonyl (C=O) groups excluding carboxylic acids is 3. The van der Waals surface area contributed by atoms with Gasteiger partial charge in [-0.15, -0.1) is 0 Å². The van der Waals surface area contributed by atoms with Gasteiger partial charge in [-0.25, -0.2) is 0 Å². The van der Waals surface area contributed by atoms with Crippen molar-refractivity contribution in [1.82, 2.24) is 4.90 Å². The van der Waals surface area contributed by atoms with Crippen LogP contribution < -0.4 is 15.0 Å². The molecule has 0 saturated heterocycles. The van der Waals surface area contributed by atoms with E-state index in [0.717, 1.165) is 29.7 Å². The van der Waals surface area contributed by atoms with Gasteiger partial charge in [-0.3, -0.25) is 14.4 Å². The Morgan fingerprint density at radius 2 is 1.55 bits per heavy atom. The second kappa shape index (κ2) is 13.2. The molecule has 1 aliphatic heterocycles. The van der Waals surface area contributed by atoms with E-state index >= 15 is 0 Å². The van der Waals surface area contributed by atoms with Crippen LogP contribution in [0, 0.1) is 0 Å². The number of anilines is 2. The number of para-hydroxylation sites is 1. The SMILES string of the molecule is CCCCN(C(C)=O)c1ccc(NC(=O)[C@H]2Cc3ccccc3CN2C(=O)c2cccc(Oc3ccccc3)c2)cc1. The van der Waals surface area contributed by atoms with Gasteiger partial charge in [-0.2, -0.15) is 0 Å². The summed E-state index contributed by atoms with van der Waals surface area (Å²) in [6.45, 7) is 4.61. The molecule has 4 aromatic carbocycles. The summed E-state index contributed by atoms with van der Waals surface area (Å²) in [5.41, 5.74) is 3.90. The van der Waals surface area contributed by atoms with Gasteiger partial charge in [-0.05, 0) is 72.1 Å². The van der Waals surface area contributed by atoms with Gasteiger partial charge in [0.05, 0.1) is 0 Å². The third kappa shape index (κ3) is 6.69. The summed E-state index contributed by atoms with van der Waals surface area (Å²) < 4.78 is 5.95. The zero-order valence-corrected chi connectivity index (χ0v) is 24.0. The first-order valence-electron chi connectivity index (χ1n) is 14.3. The molecule has 4 aromatic rings. The number of benzene rings is 4. The van der Waals surface area contributed by atoms with Crippen LogP contribution in [0.4, 0.5) is 11.4 Å². The first kappa shape index (κ1) is 28.6. The van der Waals surface area contributed by atoms with E-state index in [1.807, 2.05) is 66.7 Å². The van der Waals surface area contributed by atoms with Crippen molar-refractivity contribution in [2.45, 2.75) is 45.7 Å². The lowest BCUT2D eigenvalue weighted by molar-refractivity contribution is -0.121. The highest BCUT2D eigenvalue weighted by molar-refractivity contribution is 6.02. The topological polar surface area (TPSA) is 79.0 Å². The van der Waals surface area contributed by atoms with Gasteiger partial charge in [-0.1, -0.05) is 61.9 Å². The summed E-state index contributed by atoms with van der Waals surface area (Å²) in [4.78, 5) is 43.1. The minimum Gasteiger partial charge on any atom is -0.457 e. The Balaban J connectivity index is 1.36. The maximum atomic E-state index is 13.9. The van der Waals surface area contributed by atoms with E-state index in [0.29, 0.717) is 42.3 Å². The fraction of sp³-hybridized carbons (Fsp3) is 0.229. The van der Waals surface area contributed by atoms with Crippen LogP contribution in [-0.2, 0) is 22.6 Å². The van der Waals surface area contributed by atoms with Crippen LogP contribution in [0.5, 0.6) is 11.5 Å². The monoisotopic (exact) mass is 561 g/mol. The molecule has 3 amide bonds. The standard InChI is InChI=1S/C35H35N3O4/c1-3-4-21-37(25(2)39)30-19-17-29(18-20-30)36-34(40)33-23-26-11-8-9-12-28(26)24-38(33)35(41)27-13-10-16-32(22-27)42-31-14-6-5-7-15-31/h5-20,22,33H,3-4,21,23-24H2,1-2H3,(H,36,40)/t33-/m1/s1. The van der Waals surface area contributed by atoms with Crippen molar-refractivity contribution in [1.29, 1.82) is 0 Å². The van der Waals surface area contributed by atoms with E-state index in [4.69, 9.17) is 4.74 Å². The molecule has 5 rings (SSSR count). The van der Waals surface area contributed by atoms with Crippen molar-refractivity contribution in [3.8, 4) is 11.5 Å². The van der Waals surface area contributed by atoms with Crippen LogP contribution in [-0.4, -0.2) is 35.2 Å². The molecule has 1 aliphatic rings. The lowest BCUT2D eigenvalue weighted by Gasteiger charge is -2.36. The van der Waals surface area contributed by atoms with Gasteiger partial charge in [0.2, 0.25) is 11.8 Å². The van der Waals surface area contributed by atoms with Crippen LogP contribution in [0.25, 0.3) is 0 Å². The van der Waals surface area contributed by atoms with Gasteiger partial charge in [0, 0.05) is 43.4 Å². The number of hydrogen-bond acceptors (Lipinski definition) is 4. The van der Waals surface area contributed by atoms with Crippen molar-refractivity contribution in [2.24, 2.45) is 0 Å². The van der Waals surface area contributed by atoms with Gasteiger partial charge < -0.3 is 19.9 Å². The molecule has 1 N–H and O–H groups in total. The quantitative estimate of drug-likeness (QED) is 0.243. The Labute approximate surface area is 246 Å². The van der Waals surface area contributed by atoms with E-state index < -0.39 is 6.04 Å². The van der Waals surface area contributed by atoms with Crippen LogP contribution >= 0.6 is 0 Å². The zero-order chi connectivity index (χ0) is 29.5. The summed E-state index contributed by atoms with van der Waals surface area (Å²) in [6.07, 6.45) is 2.30. The Morgan fingerprint density at radius 3 is 2.26 bits per heavy atom. The second-order valence-corrected chi connectivity index (χ2v) is 10.4. The summed E-state index contributed by atoms with van der Waals surface area (Å²) in [5.74, 6) is 0.690. The normalized spacial score (nSPS) is 14.0. The molecule has 0 spiro atoms. The molecule has 0 fully saturated rings. The molecule has 7 heteroatoms. The third-order valence-electron chi connectivity index (χ3n) is 7.43. The molecule has 7 nitrogen and oxygen atoms in total.